The zero-order valence-electron chi connectivity index (χ0n) is 13.1. The minimum atomic E-state index is -2.62. The highest BCUT2D eigenvalue weighted by Crippen LogP contribution is 2.30. The van der Waals surface area contributed by atoms with Crippen LogP contribution in [0, 0.1) is 0 Å². The molecule has 0 N–H and O–H groups in total. The van der Waals surface area contributed by atoms with Gasteiger partial charge in [-0.1, -0.05) is 42.1 Å². The fourth-order valence-electron chi connectivity index (χ4n) is 2.62. The van der Waals surface area contributed by atoms with Crippen molar-refractivity contribution in [3.05, 3.63) is 72.6 Å². The molecule has 0 aliphatic carbocycles. The normalized spacial score (nSPS) is 11.5. The van der Waals surface area contributed by atoms with Gasteiger partial charge < -0.3 is 0 Å². The number of para-hydroxylation sites is 3. The molecule has 25 heavy (non-hydrogen) atoms. The zero-order chi connectivity index (χ0) is 17.2. The van der Waals surface area contributed by atoms with Crippen molar-refractivity contribution in [3.8, 4) is 5.69 Å². The molecule has 0 unspecified atom stereocenters. The first-order valence-corrected chi connectivity index (χ1v) is 8.68. The maximum Gasteiger partial charge on any atom is 0.321 e. The quantitative estimate of drug-likeness (QED) is 0.477. The summed E-state index contributed by atoms with van der Waals surface area (Å²) < 4.78 is 29.6. The smallest absolute Gasteiger partial charge is 0.261 e. The maximum absolute atomic E-state index is 13.4. The monoisotopic (exact) mass is 356 g/mol. The summed E-state index contributed by atoms with van der Waals surface area (Å²) >= 11 is 1.28. The minimum absolute atomic E-state index is 0.309. The van der Waals surface area contributed by atoms with E-state index in [2.05, 4.69) is 10.1 Å². The first kappa shape index (κ1) is 15.8. The molecule has 2 aromatic carbocycles. The molecule has 0 bridgehead atoms. The predicted octanol–water partition coefficient (Wildman–Crippen LogP) is 4.91. The van der Waals surface area contributed by atoms with Gasteiger partial charge in [0.25, 0.3) is 0 Å². The van der Waals surface area contributed by atoms with Crippen LogP contribution < -0.4 is 0 Å². The Morgan fingerprint density at radius 1 is 1.00 bits per heavy atom. The molecule has 0 atom stereocenters. The van der Waals surface area contributed by atoms with Crippen LogP contribution in [0.5, 0.6) is 0 Å². The number of thioether (sulfide) groups is 1. The highest BCUT2D eigenvalue weighted by atomic mass is 32.2. The lowest BCUT2D eigenvalue weighted by molar-refractivity contribution is 0.0656. The molecule has 126 valence electrons. The Morgan fingerprint density at radius 3 is 2.56 bits per heavy atom. The summed E-state index contributed by atoms with van der Waals surface area (Å²) in [4.78, 5) is 4.33. The standard InChI is InChI=1S/C18H14F2N4S/c19-17(20)24-16-9-5-4-8-15(16)22-18(24)25-12-13-10-21-23(11-13)14-6-2-1-3-7-14/h1-11,17H,12H2. The third-order valence-corrected chi connectivity index (χ3v) is 4.81. The summed E-state index contributed by atoms with van der Waals surface area (Å²) in [6.45, 7) is -2.62. The Labute approximate surface area is 147 Å². The van der Waals surface area contributed by atoms with Crippen molar-refractivity contribution >= 4 is 22.8 Å². The topological polar surface area (TPSA) is 35.6 Å². The van der Waals surface area contributed by atoms with Gasteiger partial charge in [-0.2, -0.15) is 13.9 Å². The average molecular weight is 356 g/mol. The van der Waals surface area contributed by atoms with Gasteiger partial charge in [-0.25, -0.2) is 9.67 Å². The molecule has 0 amide bonds. The molecule has 4 nitrogen and oxygen atoms in total. The van der Waals surface area contributed by atoms with Gasteiger partial charge in [-0.15, -0.1) is 0 Å². The van der Waals surface area contributed by atoms with E-state index < -0.39 is 6.55 Å². The number of fused-ring (bicyclic) bond motifs is 1. The van der Waals surface area contributed by atoms with Gasteiger partial charge in [-0.3, -0.25) is 4.57 Å². The molecule has 2 heterocycles. The predicted molar refractivity (Wildman–Crippen MR) is 94.1 cm³/mol. The van der Waals surface area contributed by atoms with E-state index in [0.29, 0.717) is 21.9 Å². The number of hydrogen-bond acceptors (Lipinski definition) is 3. The molecule has 0 spiro atoms. The van der Waals surface area contributed by atoms with E-state index in [9.17, 15) is 8.78 Å². The first-order valence-electron chi connectivity index (χ1n) is 7.69. The van der Waals surface area contributed by atoms with Crippen LogP contribution in [0.1, 0.15) is 12.1 Å². The number of aromatic nitrogens is 4. The van der Waals surface area contributed by atoms with Crippen molar-refractivity contribution in [2.45, 2.75) is 17.5 Å². The average Bonchev–Trinajstić information content (AvgIpc) is 3.25. The van der Waals surface area contributed by atoms with Crippen LogP contribution in [0.15, 0.2) is 72.1 Å². The minimum Gasteiger partial charge on any atom is -0.261 e. The van der Waals surface area contributed by atoms with E-state index in [1.54, 1.807) is 35.1 Å². The second-order valence-electron chi connectivity index (χ2n) is 5.45. The lowest BCUT2D eigenvalue weighted by Crippen LogP contribution is -1.99. The molecule has 4 rings (SSSR count). The molecule has 7 heteroatoms. The summed E-state index contributed by atoms with van der Waals surface area (Å²) in [5, 5.41) is 4.64. The maximum atomic E-state index is 13.4. The molecule has 0 saturated carbocycles. The van der Waals surface area contributed by atoms with E-state index in [0.717, 1.165) is 15.8 Å². The summed E-state index contributed by atoms with van der Waals surface area (Å²) in [6, 6.07) is 16.7. The van der Waals surface area contributed by atoms with Gasteiger partial charge in [-0.05, 0) is 24.3 Å². The number of rotatable bonds is 5. The third-order valence-electron chi connectivity index (χ3n) is 3.78. The number of hydrogen-bond donors (Lipinski definition) is 0. The molecule has 0 saturated heterocycles. The van der Waals surface area contributed by atoms with Crippen molar-refractivity contribution < 1.29 is 8.78 Å². The van der Waals surface area contributed by atoms with Crippen molar-refractivity contribution in [3.63, 3.8) is 0 Å². The van der Waals surface area contributed by atoms with Crippen LogP contribution in [0.2, 0.25) is 0 Å². The molecule has 0 fully saturated rings. The summed E-state index contributed by atoms with van der Waals surface area (Å²) in [6.07, 6.45) is 3.65. The molecule has 2 aromatic heterocycles. The SMILES string of the molecule is FC(F)n1c(SCc2cnn(-c3ccccc3)c2)nc2ccccc21. The molecule has 4 aromatic rings. The number of imidazole rings is 1. The van der Waals surface area contributed by atoms with Crippen molar-refractivity contribution in [1.82, 2.24) is 19.3 Å². The largest absolute Gasteiger partial charge is 0.321 e. The Morgan fingerprint density at radius 2 is 1.76 bits per heavy atom. The van der Waals surface area contributed by atoms with Crippen LogP contribution in [-0.4, -0.2) is 19.3 Å². The number of alkyl halides is 2. The Kier molecular flexibility index (Phi) is 4.23. The number of halogens is 2. The van der Waals surface area contributed by atoms with E-state index in [-0.39, 0.29) is 0 Å². The first-order chi connectivity index (χ1) is 12.2. The van der Waals surface area contributed by atoms with Crippen LogP contribution in [0.4, 0.5) is 8.78 Å². The van der Waals surface area contributed by atoms with Gasteiger partial charge in [0, 0.05) is 17.5 Å². The number of benzene rings is 2. The number of nitrogens with zero attached hydrogens (tertiary/aromatic N) is 4. The Balaban J connectivity index is 1.57. The van der Waals surface area contributed by atoms with Gasteiger partial charge in [0.2, 0.25) is 0 Å². The Bertz CT molecular complexity index is 995. The zero-order valence-corrected chi connectivity index (χ0v) is 13.9. The molecule has 0 radical (unpaired) electrons. The summed E-state index contributed by atoms with van der Waals surface area (Å²) in [7, 11) is 0. The fourth-order valence-corrected chi connectivity index (χ4v) is 3.54. The van der Waals surface area contributed by atoms with Crippen LogP contribution >= 0.6 is 11.8 Å². The lowest BCUT2D eigenvalue weighted by atomic mass is 10.3. The summed E-state index contributed by atoms with van der Waals surface area (Å²) in [5.74, 6) is 0.517. The van der Waals surface area contributed by atoms with Crippen molar-refractivity contribution in [2.24, 2.45) is 0 Å². The van der Waals surface area contributed by atoms with Crippen molar-refractivity contribution in [2.75, 3.05) is 0 Å². The molecule has 0 aliphatic heterocycles. The molecular formula is C18H14F2N4S. The van der Waals surface area contributed by atoms with E-state index in [1.807, 2.05) is 36.5 Å². The van der Waals surface area contributed by atoms with E-state index in [4.69, 9.17) is 0 Å². The lowest BCUT2D eigenvalue weighted by Gasteiger charge is -2.06. The highest BCUT2D eigenvalue weighted by Gasteiger charge is 2.18. The van der Waals surface area contributed by atoms with Crippen LogP contribution in [-0.2, 0) is 5.75 Å². The molecular weight excluding hydrogens is 342 g/mol. The third kappa shape index (κ3) is 3.15. The Hall–Kier alpha value is -2.67. The van der Waals surface area contributed by atoms with Gasteiger partial charge in [0.1, 0.15) is 0 Å². The van der Waals surface area contributed by atoms with Gasteiger partial charge in [0.15, 0.2) is 5.16 Å². The molecule has 0 aliphatic rings. The van der Waals surface area contributed by atoms with Crippen molar-refractivity contribution in [1.29, 1.82) is 0 Å². The van der Waals surface area contributed by atoms with E-state index >= 15 is 0 Å². The second-order valence-corrected chi connectivity index (χ2v) is 6.39. The van der Waals surface area contributed by atoms with E-state index in [1.165, 1.54) is 11.8 Å². The van der Waals surface area contributed by atoms with Crippen LogP contribution in [0.25, 0.3) is 16.7 Å². The fraction of sp³-hybridized carbons (Fsp3) is 0.111. The second kappa shape index (κ2) is 6.68. The highest BCUT2D eigenvalue weighted by molar-refractivity contribution is 7.98. The summed E-state index contributed by atoms with van der Waals surface area (Å²) in [5.41, 5.74) is 2.92. The van der Waals surface area contributed by atoms with Gasteiger partial charge in [0.05, 0.1) is 22.9 Å². The van der Waals surface area contributed by atoms with Gasteiger partial charge >= 0.3 is 6.55 Å². The van der Waals surface area contributed by atoms with Crippen LogP contribution in [0.3, 0.4) is 0 Å².